The van der Waals surface area contributed by atoms with E-state index in [0.717, 1.165) is 21.2 Å². The second-order valence-corrected chi connectivity index (χ2v) is 6.93. The van der Waals surface area contributed by atoms with Crippen LogP contribution in [0.15, 0.2) is 28.2 Å². The molecule has 1 aromatic rings. The number of hydrogen-bond donors (Lipinski definition) is 0. The third-order valence-corrected chi connectivity index (χ3v) is 3.98. The van der Waals surface area contributed by atoms with Gasteiger partial charge in [0.05, 0.1) is 5.60 Å². The molecule has 0 saturated carbocycles. The van der Waals surface area contributed by atoms with Crippen LogP contribution in [0.1, 0.15) is 38.8 Å². The molecule has 3 heteroatoms. The fraction of sp³-hybridized carbons (Fsp3) is 0.438. The van der Waals surface area contributed by atoms with Crippen molar-refractivity contribution >= 4 is 27.8 Å². The predicted molar refractivity (Wildman–Crippen MR) is 81.1 cm³/mol. The van der Waals surface area contributed by atoms with Gasteiger partial charge in [0, 0.05) is 10.0 Å². The molecule has 2 rings (SSSR count). The van der Waals surface area contributed by atoms with Crippen molar-refractivity contribution in [3.8, 4) is 0 Å². The Kier molecular flexibility index (Phi) is 3.48. The van der Waals surface area contributed by atoms with Crippen LogP contribution in [0, 0.1) is 6.92 Å². The number of hydrogen-bond acceptors (Lipinski definition) is 2. The molecule has 19 heavy (non-hydrogen) atoms. The molecular formula is C16H19BrO2. The Bertz CT molecular complexity index is 568. The number of carbonyl (C=O) groups is 1. The summed E-state index contributed by atoms with van der Waals surface area (Å²) in [7, 11) is 0. The summed E-state index contributed by atoms with van der Waals surface area (Å²) < 4.78 is 6.91. The molecule has 0 aromatic heterocycles. The van der Waals surface area contributed by atoms with Gasteiger partial charge in [-0.25, -0.2) is 0 Å². The van der Waals surface area contributed by atoms with Crippen LogP contribution in [0.5, 0.6) is 0 Å². The SMILES string of the molecule is Cc1cc(Br)ccc1/C=C1/C(=O)C(C)(C)OC1(C)C. The molecule has 1 saturated heterocycles. The van der Waals surface area contributed by atoms with Gasteiger partial charge in [0.1, 0.15) is 5.60 Å². The lowest BCUT2D eigenvalue weighted by Crippen LogP contribution is -2.29. The van der Waals surface area contributed by atoms with E-state index in [9.17, 15) is 4.79 Å². The summed E-state index contributed by atoms with van der Waals surface area (Å²) in [4.78, 5) is 12.4. The predicted octanol–water partition coefficient (Wildman–Crippen LogP) is 4.30. The number of carbonyl (C=O) groups excluding carboxylic acids is 1. The minimum absolute atomic E-state index is 0.0693. The smallest absolute Gasteiger partial charge is 0.192 e. The molecular weight excluding hydrogens is 304 g/mol. The van der Waals surface area contributed by atoms with Gasteiger partial charge in [0.2, 0.25) is 0 Å². The summed E-state index contributed by atoms with van der Waals surface area (Å²) in [6.45, 7) is 9.58. The van der Waals surface area contributed by atoms with Crippen molar-refractivity contribution in [1.82, 2.24) is 0 Å². The topological polar surface area (TPSA) is 26.3 Å². The third-order valence-electron chi connectivity index (χ3n) is 3.48. The fourth-order valence-electron chi connectivity index (χ4n) is 2.53. The van der Waals surface area contributed by atoms with Crippen molar-refractivity contribution in [3.63, 3.8) is 0 Å². The molecule has 1 aliphatic heterocycles. The van der Waals surface area contributed by atoms with Crippen molar-refractivity contribution in [1.29, 1.82) is 0 Å². The Hall–Kier alpha value is -0.930. The number of aryl methyl sites for hydroxylation is 1. The zero-order valence-corrected chi connectivity index (χ0v) is 13.6. The van der Waals surface area contributed by atoms with Crippen LogP contribution >= 0.6 is 15.9 Å². The molecule has 1 aromatic carbocycles. The molecule has 0 unspecified atom stereocenters. The highest BCUT2D eigenvalue weighted by Gasteiger charge is 2.49. The van der Waals surface area contributed by atoms with Crippen LogP contribution in [-0.2, 0) is 9.53 Å². The average Bonchev–Trinajstić information content (AvgIpc) is 2.39. The van der Waals surface area contributed by atoms with Crippen LogP contribution < -0.4 is 0 Å². The van der Waals surface area contributed by atoms with Crippen molar-refractivity contribution in [2.24, 2.45) is 0 Å². The maximum absolute atomic E-state index is 12.4. The number of ketones is 1. The first-order valence-corrected chi connectivity index (χ1v) is 7.16. The van der Waals surface area contributed by atoms with Crippen LogP contribution in [0.2, 0.25) is 0 Å². The normalized spacial score (nSPS) is 23.1. The van der Waals surface area contributed by atoms with E-state index in [4.69, 9.17) is 4.74 Å². The molecule has 1 heterocycles. The molecule has 102 valence electrons. The Balaban J connectivity index is 2.51. The monoisotopic (exact) mass is 322 g/mol. The molecule has 0 amide bonds. The highest BCUT2D eigenvalue weighted by Crippen LogP contribution is 2.39. The van der Waals surface area contributed by atoms with E-state index in [2.05, 4.69) is 15.9 Å². The molecule has 1 fully saturated rings. The number of ether oxygens (including phenoxy) is 1. The number of Topliss-reactive ketones (excluding diaryl/α,β-unsaturated/α-hetero) is 1. The summed E-state index contributed by atoms with van der Waals surface area (Å²) in [6, 6.07) is 6.05. The molecule has 2 nitrogen and oxygen atoms in total. The number of rotatable bonds is 1. The molecule has 0 bridgehead atoms. The van der Waals surface area contributed by atoms with E-state index in [1.807, 2.05) is 58.9 Å². The summed E-state index contributed by atoms with van der Waals surface area (Å²) in [5, 5.41) is 0. The summed E-state index contributed by atoms with van der Waals surface area (Å²) in [6.07, 6.45) is 1.96. The van der Waals surface area contributed by atoms with E-state index in [-0.39, 0.29) is 5.78 Å². The first-order chi connectivity index (χ1) is 8.63. The fourth-order valence-corrected chi connectivity index (χ4v) is 3.01. The number of halogens is 1. The van der Waals surface area contributed by atoms with Gasteiger partial charge in [-0.15, -0.1) is 0 Å². The van der Waals surface area contributed by atoms with Gasteiger partial charge in [0.25, 0.3) is 0 Å². The van der Waals surface area contributed by atoms with Gasteiger partial charge in [-0.2, -0.15) is 0 Å². The molecule has 0 radical (unpaired) electrons. The Morgan fingerprint density at radius 2 is 1.79 bits per heavy atom. The Morgan fingerprint density at radius 3 is 2.26 bits per heavy atom. The van der Waals surface area contributed by atoms with Crippen molar-refractivity contribution in [2.75, 3.05) is 0 Å². The largest absolute Gasteiger partial charge is 0.357 e. The highest BCUT2D eigenvalue weighted by atomic mass is 79.9. The van der Waals surface area contributed by atoms with Gasteiger partial charge >= 0.3 is 0 Å². The van der Waals surface area contributed by atoms with Gasteiger partial charge in [-0.05, 0) is 64.0 Å². The second kappa shape index (κ2) is 4.57. The Morgan fingerprint density at radius 1 is 1.16 bits per heavy atom. The summed E-state index contributed by atoms with van der Waals surface area (Å²) >= 11 is 3.45. The van der Waals surface area contributed by atoms with Crippen LogP contribution in [0.4, 0.5) is 0 Å². The zero-order valence-electron chi connectivity index (χ0n) is 12.0. The lowest BCUT2D eigenvalue weighted by molar-refractivity contribution is -0.132. The van der Waals surface area contributed by atoms with Crippen LogP contribution in [0.3, 0.4) is 0 Å². The number of benzene rings is 1. The molecule has 1 aliphatic rings. The van der Waals surface area contributed by atoms with Crippen molar-refractivity contribution in [3.05, 3.63) is 39.4 Å². The summed E-state index contributed by atoms with van der Waals surface area (Å²) in [5.41, 5.74) is 1.65. The van der Waals surface area contributed by atoms with E-state index in [0.29, 0.717) is 0 Å². The molecule has 0 spiro atoms. The lowest BCUT2D eigenvalue weighted by Gasteiger charge is -2.22. The first kappa shape index (κ1) is 14.5. The minimum Gasteiger partial charge on any atom is -0.357 e. The third kappa shape index (κ3) is 2.67. The van der Waals surface area contributed by atoms with Gasteiger partial charge < -0.3 is 4.74 Å². The lowest BCUT2D eigenvalue weighted by atomic mass is 9.90. The zero-order chi connectivity index (χ0) is 14.4. The Labute approximate surface area is 123 Å². The van der Waals surface area contributed by atoms with E-state index < -0.39 is 11.2 Å². The van der Waals surface area contributed by atoms with Crippen molar-refractivity contribution in [2.45, 2.75) is 45.8 Å². The molecule has 0 atom stereocenters. The van der Waals surface area contributed by atoms with Gasteiger partial charge in [0.15, 0.2) is 5.78 Å². The van der Waals surface area contributed by atoms with Crippen molar-refractivity contribution < 1.29 is 9.53 Å². The quantitative estimate of drug-likeness (QED) is 0.721. The van der Waals surface area contributed by atoms with E-state index in [1.54, 1.807) is 0 Å². The molecule has 0 N–H and O–H groups in total. The first-order valence-electron chi connectivity index (χ1n) is 6.37. The maximum atomic E-state index is 12.4. The van der Waals surface area contributed by atoms with E-state index >= 15 is 0 Å². The maximum Gasteiger partial charge on any atom is 0.192 e. The van der Waals surface area contributed by atoms with E-state index in [1.165, 1.54) is 0 Å². The second-order valence-electron chi connectivity index (χ2n) is 6.01. The highest BCUT2D eigenvalue weighted by molar-refractivity contribution is 9.10. The standard InChI is InChI=1S/C16H19BrO2/c1-10-8-12(17)7-6-11(10)9-13-14(18)16(4,5)19-15(13,2)3/h6-9H,1-5H3/b13-9-. The van der Waals surface area contributed by atoms with Crippen LogP contribution in [0.25, 0.3) is 6.08 Å². The van der Waals surface area contributed by atoms with Crippen LogP contribution in [-0.4, -0.2) is 17.0 Å². The minimum atomic E-state index is -0.737. The van der Waals surface area contributed by atoms with Gasteiger partial charge in [-0.3, -0.25) is 4.79 Å². The van der Waals surface area contributed by atoms with Gasteiger partial charge in [-0.1, -0.05) is 22.0 Å². The average molecular weight is 323 g/mol. The molecule has 0 aliphatic carbocycles. The summed E-state index contributed by atoms with van der Waals surface area (Å²) in [5.74, 6) is 0.0693.